The maximum atomic E-state index is 12.2. The molecule has 2 heterocycles. The van der Waals surface area contributed by atoms with Crippen molar-refractivity contribution >= 4 is 11.6 Å². The number of amides is 1. The molecule has 0 radical (unpaired) electrons. The van der Waals surface area contributed by atoms with Gasteiger partial charge >= 0.3 is 0 Å². The van der Waals surface area contributed by atoms with Gasteiger partial charge in [0.15, 0.2) is 0 Å². The third-order valence-corrected chi connectivity index (χ3v) is 4.30. The zero-order valence-electron chi connectivity index (χ0n) is 13.4. The second-order valence-electron chi connectivity index (χ2n) is 6.01. The van der Waals surface area contributed by atoms with Crippen LogP contribution in [0.5, 0.6) is 0 Å². The van der Waals surface area contributed by atoms with E-state index in [9.17, 15) is 14.9 Å². The van der Waals surface area contributed by atoms with Gasteiger partial charge < -0.3 is 9.32 Å². The highest BCUT2D eigenvalue weighted by atomic mass is 16.6. The van der Waals surface area contributed by atoms with E-state index in [-0.39, 0.29) is 11.6 Å². The Hall–Kier alpha value is -2.63. The van der Waals surface area contributed by atoms with Crippen LogP contribution in [0.1, 0.15) is 31.4 Å². The Bertz CT molecular complexity index is 732. The summed E-state index contributed by atoms with van der Waals surface area (Å²) >= 11 is 0. The van der Waals surface area contributed by atoms with Crippen molar-refractivity contribution in [2.24, 2.45) is 0 Å². The van der Waals surface area contributed by atoms with Crippen LogP contribution in [0.3, 0.4) is 0 Å². The van der Waals surface area contributed by atoms with E-state index in [1.807, 2.05) is 11.0 Å². The van der Waals surface area contributed by atoms with E-state index in [0.717, 1.165) is 31.7 Å². The standard InChI is InChI=1S/C18H20N2O4/c21-18(19-11-2-1-3-12-19)10-8-16-7-9-17(24-16)14-5-4-6-15(13-14)20(22)23/h4-7,9,13H,1-3,8,10-12H2. The summed E-state index contributed by atoms with van der Waals surface area (Å²) in [6.45, 7) is 1.71. The summed E-state index contributed by atoms with van der Waals surface area (Å²) in [7, 11) is 0. The van der Waals surface area contributed by atoms with Gasteiger partial charge in [0.1, 0.15) is 11.5 Å². The molecule has 1 aromatic heterocycles. The van der Waals surface area contributed by atoms with Gasteiger partial charge in [0.05, 0.1) is 4.92 Å². The first kappa shape index (κ1) is 16.2. The van der Waals surface area contributed by atoms with Crippen molar-refractivity contribution in [3.63, 3.8) is 0 Å². The Balaban J connectivity index is 1.62. The van der Waals surface area contributed by atoms with Crippen molar-refractivity contribution in [2.75, 3.05) is 13.1 Å². The summed E-state index contributed by atoms with van der Waals surface area (Å²) in [5.41, 5.74) is 0.698. The minimum atomic E-state index is -0.426. The average molecular weight is 328 g/mol. The summed E-state index contributed by atoms with van der Waals surface area (Å²) in [6, 6.07) is 9.97. The maximum Gasteiger partial charge on any atom is 0.270 e. The lowest BCUT2D eigenvalue weighted by molar-refractivity contribution is -0.384. The zero-order chi connectivity index (χ0) is 16.9. The Morgan fingerprint density at radius 1 is 1.17 bits per heavy atom. The fraction of sp³-hybridized carbons (Fsp3) is 0.389. The third-order valence-electron chi connectivity index (χ3n) is 4.30. The first-order valence-corrected chi connectivity index (χ1v) is 8.25. The summed E-state index contributed by atoms with van der Waals surface area (Å²) < 4.78 is 5.75. The molecule has 0 atom stereocenters. The molecule has 2 aromatic rings. The molecule has 1 aliphatic rings. The highest BCUT2D eigenvalue weighted by Crippen LogP contribution is 2.26. The molecule has 0 unspecified atom stereocenters. The van der Waals surface area contributed by atoms with Crippen LogP contribution in [0.15, 0.2) is 40.8 Å². The molecule has 0 N–H and O–H groups in total. The average Bonchev–Trinajstić information content (AvgIpc) is 3.09. The van der Waals surface area contributed by atoms with Crippen LogP contribution in [-0.2, 0) is 11.2 Å². The minimum absolute atomic E-state index is 0.0331. The molecule has 1 aromatic carbocycles. The second-order valence-corrected chi connectivity index (χ2v) is 6.01. The molecular formula is C18H20N2O4. The topological polar surface area (TPSA) is 76.6 Å². The molecule has 24 heavy (non-hydrogen) atoms. The molecule has 1 fully saturated rings. The number of likely N-dealkylation sites (tertiary alicyclic amines) is 1. The van der Waals surface area contributed by atoms with Crippen LogP contribution < -0.4 is 0 Å². The number of benzene rings is 1. The highest BCUT2D eigenvalue weighted by Gasteiger charge is 2.17. The SMILES string of the molecule is O=C(CCc1ccc(-c2cccc([N+](=O)[O-])c2)o1)N1CCCCC1. The van der Waals surface area contributed by atoms with Crippen molar-refractivity contribution in [2.45, 2.75) is 32.1 Å². The lowest BCUT2D eigenvalue weighted by Gasteiger charge is -2.26. The number of hydrogen-bond donors (Lipinski definition) is 0. The number of carbonyl (C=O) groups is 1. The van der Waals surface area contributed by atoms with Crippen molar-refractivity contribution < 1.29 is 14.1 Å². The van der Waals surface area contributed by atoms with Gasteiger partial charge in [0.25, 0.3) is 5.69 Å². The van der Waals surface area contributed by atoms with Gasteiger partial charge in [-0.25, -0.2) is 0 Å². The molecule has 6 nitrogen and oxygen atoms in total. The van der Waals surface area contributed by atoms with E-state index >= 15 is 0 Å². The molecule has 0 spiro atoms. The monoisotopic (exact) mass is 328 g/mol. The van der Waals surface area contributed by atoms with Crippen LogP contribution in [0, 0.1) is 10.1 Å². The molecule has 126 valence electrons. The number of furan rings is 1. The number of aryl methyl sites for hydroxylation is 1. The Labute approximate surface area is 140 Å². The van der Waals surface area contributed by atoms with Crippen LogP contribution in [-0.4, -0.2) is 28.8 Å². The molecule has 3 rings (SSSR count). The number of nitro benzene ring substituents is 1. The Kier molecular flexibility index (Phi) is 4.93. The van der Waals surface area contributed by atoms with Crippen LogP contribution in [0.25, 0.3) is 11.3 Å². The van der Waals surface area contributed by atoms with Crippen LogP contribution >= 0.6 is 0 Å². The number of nitro groups is 1. The lowest BCUT2D eigenvalue weighted by Crippen LogP contribution is -2.35. The first-order chi connectivity index (χ1) is 11.6. The number of rotatable bonds is 5. The Morgan fingerprint density at radius 3 is 2.71 bits per heavy atom. The van der Waals surface area contributed by atoms with E-state index < -0.39 is 4.92 Å². The Morgan fingerprint density at radius 2 is 1.96 bits per heavy atom. The van der Waals surface area contributed by atoms with Crippen molar-refractivity contribution in [1.29, 1.82) is 0 Å². The molecule has 0 bridgehead atoms. The van der Waals surface area contributed by atoms with Gasteiger partial charge in [-0.05, 0) is 31.4 Å². The molecular weight excluding hydrogens is 308 g/mol. The second kappa shape index (κ2) is 7.29. The van der Waals surface area contributed by atoms with E-state index in [1.165, 1.54) is 18.6 Å². The van der Waals surface area contributed by atoms with E-state index in [1.54, 1.807) is 18.2 Å². The van der Waals surface area contributed by atoms with Crippen molar-refractivity contribution in [1.82, 2.24) is 4.90 Å². The van der Waals surface area contributed by atoms with Gasteiger partial charge in [0, 0.05) is 43.6 Å². The van der Waals surface area contributed by atoms with Gasteiger partial charge in [-0.1, -0.05) is 12.1 Å². The van der Waals surface area contributed by atoms with Crippen LogP contribution in [0.2, 0.25) is 0 Å². The maximum absolute atomic E-state index is 12.2. The van der Waals surface area contributed by atoms with E-state index in [4.69, 9.17) is 4.42 Å². The van der Waals surface area contributed by atoms with Gasteiger partial charge in [-0.15, -0.1) is 0 Å². The van der Waals surface area contributed by atoms with Crippen molar-refractivity contribution in [3.8, 4) is 11.3 Å². The minimum Gasteiger partial charge on any atom is -0.461 e. The molecule has 0 aliphatic carbocycles. The highest BCUT2D eigenvalue weighted by molar-refractivity contribution is 5.76. The molecule has 1 saturated heterocycles. The molecule has 0 saturated carbocycles. The fourth-order valence-corrected chi connectivity index (χ4v) is 2.97. The number of hydrogen-bond acceptors (Lipinski definition) is 4. The third kappa shape index (κ3) is 3.82. The van der Waals surface area contributed by atoms with E-state index in [0.29, 0.717) is 24.2 Å². The quantitative estimate of drug-likeness (QED) is 0.618. The summed E-state index contributed by atoms with van der Waals surface area (Å²) in [6.07, 6.45) is 4.35. The lowest BCUT2D eigenvalue weighted by atomic mass is 10.1. The first-order valence-electron chi connectivity index (χ1n) is 8.25. The number of carbonyl (C=O) groups excluding carboxylic acids is 1. The normalized spacial score (nSPS) is 14.6. The summed E-state index contributed by atoms with van der Waals surface area (Å²) in [5.74, 6) is 1.48. The summed E-state index contributed by atoms with van der Waals surface area (Å²) in [4.78, 5) is 24.5. The van der Waals surface area contributed by atoms with E-state index in [2.05, 4.69) is 0 Å². The summed E-state index contributed by atoms with van der Waals surface area (Å²) in [5, 5.41) is 10.9. The number of non-ortho nitro benzene ring substituents is 1. The van der Waals surface area contributed by atoms with Gasteiger partial charge in [-0.3, -0.25) is 14.9 Å². The number of piperidine rings is 1. The van der Waals surface area contributed by atoms with Gasteiger partial charge in [-0.2, -0.15) is 0 Å². The number of nitrogens with zero attached hydrogens (tertiary/aromatic N) is 2. The zero-order valence-corrected chi connectivity index (χ0v) is 13.4. The molecule has 1 aliphatic heterocycles. The van der Waals surface area contributed by atoms with Crippen LogP contribution in [0.4, 0.5) is 5.69 Å². The van der Waals surface area contributed by atoms with Crippen molar-refractivity contribution in [3.05, 3.63) is 52.3 Å². The fourth-order valence-electron chi connectivity index (χ4n) is 2.97. The predicted octanol–water partition coefficient (Wildman–Crippen LogP) is 3.80. The largest absolute Gasteiger partial charge is 0.461 e. The molecule has 1 amide bonds. The smallest absolute Gasteiger partial charge is 0.270 e. The molecule has 6 heteroatoms. The van der Waals surface area contributed by atoms with Gasteiger partial charge in [0.2, 0.25) is 5.91 Å². The predicted molar refractivity (Wildman–Crippen MR) is 89.6 cm³/mol.